The fourth-order valence-corrected chi connectivity index (χ4v) is 11.8. The summed E-state index contributed by atoms with van der Waals surface area (Å²) in [6.07, 6.45) is 0. The highest BCUT2D eigenvalue weighted by atomic mass is 32.1. The summed E-state index contributed by atoms with van der Waals surface area (Å²) in [4.78, 5) is 16.2. The quantitative estimate of drug-likeness (QED) is 0.166. The molecule has 0 radical (unpaired) electrons. The number of benzene rings is 11. The molecule has 4 heterocycles. The van der Waals surface area contributed by atoms with Crippen molar-refractivity contribution >= 4 is 118 Å². The van der Waals surface area contributed by atoms with Crippen molar-refractivity contribution in [2.24, 2.45) is 0 Å². The summed E-state index contributed by atoms with van der Waals surface area (Å²) in [6, 6.07) is 69.7. The first-order valence-electron chi connectivity index (χ1n) is 21.9. The zero-order valence-corrected chi connectivity index (χ0v) is 35.4. The van der Waals surface area contributed by atoms with Crippen LogP contribution in [0.3, 0.4) is 0 Å². The topological polar surface area (TPSA) is 56.7 Å². The zero-order chi connectivity index (χ0) is 42.3. The number of thiophene rings is 1. The van der Waals surface area contributed by atoms with Crippen molar-refractivity contribution in [3.05, 3.63) is 194 Å². The smallest absolute Gasteiger partial charge is 0.167 e. The Morgan fingerprint density at radius 3 is 1.97 bits per heavy atom. The predicted molar refractivity (Wildman–Crippen MR) is 272 cm³/mol. The van der Waals surface area contributed by atoms with Gasteiger partial charge in [-0.2, -0.15) is 0 Å². The molecule has 0 spiro atoms. The van der Waals surface area contributed by atoms with Crippen LogP contribution >= 0.6 is 11.3 Å². The van der Waals surface area contributed by atoms with E-state index >= 15 is 0 Å². The summed E-state index contributed by atoms with van der Waals surface area (Å²) >= 11 is 1.79. The molecule has 11 aromatic carbocycles. The second kappa shape index (κ2) is 13.0. The van der Waals surface area contributed by atoms with Gasteiger partial charge in [0.1, 0.15) is 11.2 Å². The molecule has 15 aromatic rings. The Hall–Kier alpha value is -8.45. The lowest BCUT2D eigenvalue weighted by Crippen LogP contribution is -2.02. The van der Waals surface area contributed by atoms with E-state index in [-0.39, 0.29) is 0 Å². The van der Waals surface area contributed by atoms with Crippen molar-refractivity contribution in [1.29, 1.82) is 0 Å². The Morgan fingerprint density at radius 2 is 1.06 bits per heavy atom. The Balaban J connectivity index is 1.05. The number of furan rings is 1. The third-order valence-corrected chi connectivity index (χ3v) is 14.8. The monoisotopic (exact) mass is 844 g/mol. The minimum Gasteiger partial charge on any atom is -0.455 e. The normalized spacial score (nSPS) is 12.3. The lowest BCUT2D eigenvalue weighted by Gasteiger charge is -2.15. The molecule has 4 aromatic heterocycles. The Morgan fingerprint density at radius 1 is 0.385 bits per heavy atom. The fraction of sp³-hybridized carbons (Fsp3) is 0. The van der Waals surface area contributed by atoms with Gasteiger partial charge >= 0.3 is 0 Å². The highest BCUT2D eigenvalue weighted by Crippen LogP contribution is 2.46. The molecular formula is C59H32N4OS. The Bertz CT molecular complexity index is 4480. The molecule has 0 saturated carbocycles. The number of hydrogen-bond acceptors (Lipinski definition) is 5. The van der Waals surface area contributed by atoms with E-state index in [4.69, 9.17) is 19.4 Å². The first kappa shape index (κ1) is 35.1. The van der Waals surface area contributed by atoms with E-state index in [2.05, 4.69) is 187 Å². The molecule has 0 amide bonds. The highest BCUT2D eigenvalue weighted by molar-refractivity contribution is 7.26. The summed E-state index contributed by atoms with van der Waals surface area (Å²) < 4.78 is 11.4. The Labute approximate surface area is 374 Å². The number of hydrogen-bond donors (Lipinski definition) is 0. The first-order chi connectivity index (χ1) is 32.2. The summed E-state index contributed by atoms with van der Waals surface area (Å²) in [5.74, 6) is 1.76. The summed E-state index contributed by atoms with van der Waals surface area (Å²) in [6.45, 7) is 0. The van der Waals surface area contributed by atoms with Crippen LogP contribution in [0.2, 0.25) is 0 Å². The van der Waals surface area contributed by atoms with Crippen molar-refractivity contribution in [2.45, 2.75) is 0 Å². The van der Waals surface area contributed by atoms with Crippen molar-refractivity contribution in [2.75, 3.05) is 0 Å². The van der Waals surface area contributed by atoms with Gasteiger partial charge in [0.15, 0.2) is 17.5 Å². The molecule has 0 aliphatic rings. The molecule has 6 heteroatoms. The van der Waals surface area contributed by atoms with Gasteiger partial charge in [0, 0.05) is 58.5 Å². The van der Waals surface area contributed by atoms with Crippen LogP contribution in [0.5, 0.6) is 0 Å². The van der Waals surface area contributed by atoms with Gasteiger partial charge in [-0.15, -0.1) is 11.3 Å². The number of fused-ring (bicyclic) bond motifs is 11. The fourth-order valence-electron chi connectivity index (χ4n) is 10.6. The largest absolute Gasteiger partial charge is 0.455 e. The van der Waals surface area contributed by atoms with Gasteiger partial charge in [-0.1, -0.05) is 146 Å². The van der Waals surface area contributed by atoms with E-state index in [1.807, 2.05) is 12.1 Å². The molecule has 0 aliphatic carbocycles. The molecule has 0 N–H and O–H groups in total. The van der Waals surface area contributed by atoms with Crippen LogP contribution in [0.15, 0.2) is 199 Å². The average Bonchev–Trinajstić information content (AvgIpc) is 4.04. The zero-order valence-electron chi connectivity index (χ0n) is 34.6. The van der Waals surface area contributed by atoms with Gasteiger partial charge in [-0.25, -0.2) is 15.0 Å². The predicted octanol–water partition coefficient (Wildman–Crippen LogP) is 16.3. The van der Waals surface area contributed by atoms with Gasteiger partial charge in [0.25, 0.3) is 0 Å². The maximum atomic E-state index is 6.62. The van der Waals surface area contributed by atoms with Gasteiger partial charge in [0.05, 0.1) is 16.6 Å². The van der Waals surface area contributed by atoms with E-state index < -0.39 is 0 Å². The second-order valence-electron chi connectivity index (χ2n) is 17.1. The SMILES string of the molecule is c1ccc2cc(-c3nc(-c4cccc5c4oc4ccccc45)nc(-c4cc(-n5c6ccccc6c6c7ccc8cccc9ccc(cc65)c7c98)cc5c4sc4ccccc45)n3)ccc2c1. The van der Waals surface area contributed by atoms with E-state index in [9.17, 15) is 0 Å². The molecule has 0 aliphatic heterocycles. The van der Waals surface area contributed by atoms with Crippen LogP contribution in [-0.2, 0) is 0 Å². The minimum atomic E-state index is 0.559. The van der Waals surface area contributed by atoms with Crippen molar-refractivity contribution in [3.8, 4) is 39.9 Å². The lowest BCUT2D eigenvalue weighted by molar-refractivity contribution is 0.669. The van der Waals surface area contributed by atoms with Crippen LogP contribution in [-0.4, -0.2) is 19.5 Å². The number of aromatic nitrogens is 4. The molecular weight excluding hydrogens is 813 g/mol. The van der Waals surface area contributed by atoms with Crippen molar-refractivity contribution < 1.29 is 4.42 Å². The van der Waals surface area contributed by atoms with Crippen molar-refractivity contribution in [1.82, 2.24) is 19.5 Å². The van der Waals surface area contributed by atoms with Crippen LogP contribution in [0.1, 0.15) is 0 Å². The molecule has 5 nitrogen and oxygen atoms in total. The van der Waals surface area contributed by atoms with Gasteiger partial charge in [0.2, 0.25) is 0 Å². The van der Waals surface area contributed by atoms with Crippen LogP contribution in [0.25, 0.3) is 147 Å². The summed E-state index contributed by atoms with van der Waals surface area (Å²) in [5, 5.41) is 16.9. The second-order valence-corrected chi connectivity index (χ2v) is 18.1. The molecule has 15 rings (SSSR count). The molecule has 0 unspecified atom stereocenters. The van der Waals surface area contributed by atoms with Gasteiger partial charge < -0.3 is 8.98 Å². The minimum absolute atomic E-state index is 0.559. The van der Waals surface area contributed by atoms with E-state index in [1.165, 1.54) is 53.2 Å². The number of para-hydroxylation sites is 3. The van der Waals surface area contributed by atoms with E-state index in [1.54, 1.807) is 11.3 Å². The molecule has 0 saturated heterocycles. The number of rotatable bonds is 4. The first-order valence-corrected chi connectivity index (χ1v) is 22.7. The maximum Gasteiger partial charge on any atom is 0.167 e. The third kappa shape index (κ3) is 5.00. The van der Waals surface area contributed by atoms with Crippen LogP contribution in [0, 0.1) is 0 Å². The van der Waals surface area contributed by atoms with E-state index in [0.717, 1.165) is 76.2 Å². The molecule has 300 valence electrons. The number of nitrogens with zero attached hydrogens (tertiary/aromatic N) is 4. The maximum absolute atomic E-state index is 6.62. The lowest BCUT2D eigenvalue weighted by atomic mass is 9.92. The van der Waals surface area contributed by atoms with Crippen LogP contribution in [0.4, 0.5) is 0 Å². The highest BCUT2D eigenvalue weighted by Gasteiger charge is 2.24. The molecule has 0 bridgehead atoms. The van der Waals surface area contributed by atoms with Crippen LogP contribution < -0.4 is 0 Å². The summed E-state index contributed by atoms with van der Waals surface area (Å²) in [5.41, 5.74) is 7.62. The third-order valence-electron chi connectivity index (χ3n) is 13.5. The van der Waals surface area contributed by atoms with Crippen molar-refractivity contribution in [3.63, 3.8) is 0 Å². The Kier molecular flexibility index (Phi) is 7.04. The standard InChI is InChI=1S/C59H32N4OS/c1-2-12-36-29-38(26-23-33(36)11-1)57-60-58(45-19-10-18-42-40-15-4-7-21-50(40)64-55(42)45)62-59(61-57)47-32-39(31-46-41-16-5-8-22-51(41)65-56(46)47)63-48-20-6-3-17-43(48)54-44-28-27-35-14-9-13-34-24-25-37(30-49(54)63)53(44)52(34)35/h1-32H. The summed E-state index contributed by atoms with van der Waals surface area (Å²) in [7, 11) is 0. The van der Waals surface area contributed by atoms with E-state index in [0.29, 0.717) is 17.5 Å². The average molecular weight is 845 g/mol. The van der Waals surface area contributed by atoms with Gasteiger partial charge in [-0.05, 0) is 91.6 Å². The molecule has 65 heavy (non-hydrogen) atoms. The van der Waals surface area contributed by atoms with Gasteiger partial charge in [-0.3, -0.25) is 0 Å². The molecule has 0 atom stereocenters. The molecule has 0 fully saturated rings.